The Kier molecular flexibility index (Phi) is 6.38. The number of aliphatic carboxylic acids is 1. The standard InChI is InChI=1S/C7H15FN4O2/c8-12-5(6(13)14)3-1-2-4-11-7(9)10/h5,12H,1-4H2,(H,13,14)(H4,9,10,11)/t5-/m0/s1. The van der Waals surface area contributed by atoms with Crippen molar-refractivity contribution in [2.24, 2.45) is 16.5 Å². The largest absolute Gasteiger partial charge is 0.480 e. The van der Waals surface area contributed by atoms with E-state index in [1.165, 1.54) is 5.54 Å². The molecular weight excluding hydrogens is 191 g/mol. The average molecular weight is 206 g/mol. The summed E-state index contributed by atoms with van der Waals surface area (Å²) in [7, 11) is 0. The fraction of sp³-hybridized carbons (Fsp3) is 0.714. The van der Waals surface area contributed by atoms with Crippen molar-refractivity contribution >= 4 is 11.9 Å². The Bertz CT molecular complexity index is 206. The van der Waals surface area contributed by atoms with Crippen molar-refractivity contribution < 1.29 is 14.4 Å². The number of halogens is 1. The van der Waals surface area contributed by atoms with Crippen LogP contribution in [0.25, 0.3) is 0 Å². The summed E-state index contributed by atoms with van der Waals surface area (Å²) >= 11 is 0. The number of hydrogen-bond acceptors (Lipinski definition) is 3. The number of carboxylic acids is 1. The van der Waals surface area contributed by atoms with E-state index in [0.29, 0.717) is 19.4 Å². The highest BCUT2D eigenvalue weighted by molar-refractivity contribution is 5.75. The van der Waals surface area contributed by atoms with Crippen molar-refractivity contribution in [1.82, 2.24) is 5.54 Å². The SMILES string of the molecule is NC(N)=NCCCC[C@H](NF)C(=O)O. The van der Waals surface area contributed by atoms with E-state index < -0.39 is 12.0 Å². The minimum atomic E-state index is -1.20. The molecule has 0 aliphatic rings. The van der Waals surface area contributed by atoms with E-state index in [0.717, 1.165) is 0 Å². The summed E-state index contributed by atoms with van der Waals surface area (Å²) in [6, 6.07) is -1.14. The molecule has 0 aliphatic carbocycles. The molecule has 0 aliphatic heterocycles. The maximum atomic E-state index is 11.8. The monoisotopic (exact) mass is 206 g/mol. The number of nitrogens with zero attached hydrogens (tertiary/aromatic N) is 1. The second-order valence-corrected chi connectivity index (χ2v) is 2.80. The first-order valence-electron chi connectivity index (χ1n) is 4.22. The molecule has 0 saturated carbocycles. The van der Waals surface area contributed by atoms with Crippen LogP contribution in [0.4, 0.5) is 4.48 Å². The number of nitrogens with one attached hydrogen (secondary N) is 1. The van der Waals surface area contributed by atoms with Gasteiger partial charge in [0.1, 0.15) is 6.04 Å². The van der Waals surface area contributed by atoms with Gasteiger partial charge < -0.3 is 16.6 Å². The fourth-order valence-electron chi connectivity index (χ4n) is 0.893. The van der Waals surface area contributed by atoms with E-state index in [2.05, 4.69) is 4.99 Å². The molecule has 0 aromatic carbocycles. The zero-order chi connectivity index (χ0) is 11.0. The molecule has 0 saturated heterocycles. The van der Waals surface area contributed by atoms with Crippen LogP contribution in [-0.2, 0) is 4.79 Å². The Morgan fingerprint density at radius 2 is 2.14 bits per heavy atom. The first kappa shape index (κ1) is 12.6. The van der Waals surface area contributed by atoms with Gasteiger partial charge >= 0.3 is 5.97 Å². The molecule has 0 fully saturated rings. The van der Waals surface area contributed by atoms with E-state index in [-0.39, 0.29) is 12.4 Å². The normalized spacial score (nSPS) is 12.1. The molecule has 0 aromatic heterocycles. The maximum Gasteiger partial charge on any atom is 0.323 e. The van der Waals surface area contributed by atoms with Gasteiger partial charge in [0.25, 0.3) is 0 Å². The molecule has 0 amide bonds. The molecule has 0 spiro atoms. The molecule has 14 heavy (non-hydrogen) atoms. The highest BCUT2D eigenvalue weighted by Crippen LogP contribution is 2.01. The van der Waals surface area contributed by atoms with Crippen molar-refractivity contribution in [3.63, 3.8) is 0 Å². The van der Waals surface area contributed by atoms with Crippen LogP contribution in [0.15, 0.2) is 4.99 Å². The van der Waals surface area contributed by atoms with Gasteiger partial charge in [-0.05, 0) is 19.3 Å². The lowest BCUT2D eigenvalue weighted by Gasteiger charge is -2.06. The number of aliphatic imine (C=N–C) groups is 1. The van der Waals surface area contributed by atoms with Crippen LogP contribution in [0.5, 0.6) is 0 Å². The highest BCUT2D eigenvalue weighted by Gasteiger charge is 2.15. The maximum absolute atomic E-state index is 11.8. The van der Waals surface area contributed by atoms with Gasteiger partial charge in [0, 0.05) is 6.54 Å². The molecular formula is C7H15FN4O2. The van der Waals surface area contributed by atoms with Crippen molar-refractivity contribution in [1.29, 1.82) is 0 Å². The minimum absolute atomic E-state index is 0.00315. The topological polar surface area (TPSA) is 114 Å². The minimum Gasteiger partial charge on any atom is -0.480 e. The molecule has 0 unspecified atom stereocenters. The van der Waals surface area contributed by atoms with E-state index in [1.807, 2.05) is 0 Å². The smallest absolute Gasteiger partial charge is 0.323 e. The molecule has 6 nitrogen and oxygen atoms in total. The summed E-state index contributed by atoms with van der Waals surface area (Å²) in [5.74, 6) is -1.20. The van der Waals surface area contributed by atoms with Gasteiger partial charge in [0.15, 0.2) is 5.96 Å². The van der Waals surface area contributed by atoms with Gasteiger partial charge in [0.2, 0.25) is 0 Å². The first-order chi connectivity index (χ1) is 6.57. The van der Waals surface area contributed by atoms with Gasteiger partial charge in [-0.2, -0.15) is 0 Å². The molecule has 1 atom stereocenters. The number of carbonyl (C=O) groups is 1. The van der Waals surface area contributed by atoms with Crippen LogP contribution in [0.1, 0.15) is 19.3 Å². The predicted octanol–water partition coefficient (Wildman–Crippen LogP) is -0.643. The zero-order valence-corrected chi connectivity index (χ0v) is 7.74. The van der Waals surface area contributed by atoms with Crippen molar-refractivity contribution in [2.75, 3.05) is 6.54 Å². The lowest BCUT2D eigenvalue weighted by Crippen LogP contribution is -2.31. The third kappa shape index (κ3) is 6.18. The lowest BCUT2D eigenvalue weighted by atomic mass is 10.1. The molecule has 0 radical (unpaired) electrons. The predicted molar refractivity (Wildman–Crippen MR) is 50.2 cm³/mol. The summed E-state index contributed by atoms with van der Waals surface area (Å²) < 4.78 is 11.8. The third-order valence-corrected chi connectivity index (χ3v) is 1.63. The molecule has 7 heteroatoms. The first-order valence-corrected chi connectivity index (χ1v) is 4.22. The molecule has 0 aromatic rings. The molecule has 0 bridgehead atoms. The Hall–Kier alpha value is -1.37. The summed E-state index contributed by atoms with van der Waals surface area (Å²) in [5, 5.41) is 8.45. The van der Waals surface area contributed by atoms with Crippen molar-refractivity contribution in [2.45, 2.75) is 25.3 Å². The molecule has 0 heterocycles. The quantitative estimate of drug-likeness (QED) is 0.191. The average Bonchev–Trinajstić information content (AvgIpc) is 2.10. The Labute approximate surface area is 81.1 Å². The van der Waals surface area contributed by atoms with Gasteiger partial charge in [-0.1, -0.05) is 0 Å². The van der Waals surface area contributed by atoms with Gasteiger partial charge in [0.05, 0.1) is 0 Å². The van der Waals surface area contributed by atoms with Crippen LogP contribution in [-0.4, -0.2) is 29.6 Å². The fourth-order valence-corrected chi connectivity index (χ4v) is 0.893. The number of carboxylic acid groups (broad SMARTS) is 1. The van der Waals surface area contributed by atoms with Crippen molar-refractivity contribution in [3.05, 3.63) is 0 Å². The van der Waals surface area contributed by atoms with E-state index >= 15 is 0 Å². The second kappa shape index (κ2) is 7.07. The second-order valence-electron chi connectivity index (χ2n) is 2.80. The van der Waals surface area contributed by atoms with Crippen molar-refractivity contribution in [3.8, 4) is 0 Å². The van der Waals surface area contributed by atoms with Crippen LogP contribution >= 0.6 is 0 Å². The van der Waals surface area contributed by atoms with Gasteiger partial charge in [-0.15, -0.1) is 10.0 Å². The van der Waals surface area contributed by atoms with Crippen LogP contribution < -0.4 is 17.0 Å². The number of hydrogen-bond donors (Lipinski definition) is 4. The Balaban J connectivity index is 3.52. The lowest BCUT2D eigenvalue weighted by molar-refractivity contribution is -0.141. The molecule has 6 N–H and O–H groups in total. The number of rotatable bonds is 7. The Morgan fingerprint density at radius 1 is 1.50 bits per heavy atom. The number of guanidine groups is 1. The van der Waals surface area contributed by atoms with E-state index in [4.69, 9.17) is 16.6 Å². The molecule has 0 rings (SSSR count). The number of nitrogens with two attached hydrogens (primary N) is 2. The molecule has 82 valence electrons. The van der Waals surface area contributed by atoms with Crippen LogP contribution in [0, 0.1) is 0 Å². The van der Waals surface area contributed by atoms with Gasteiger partial charge in [-0.25, -0.2) is 0 Å². The summed E-state index contributed by atoms with van der Waals surface area (Å²) in [4.78, 5) is 14.0. The van der Waals surface area contributed by atoms with E-state index in [9.17, 15) is 9.28 Å². The summed E-state index contributed by atoms with van der Waals surface area (Å²) in [6.45, 7) is 0.432. The van der Waals surface area contributed by atoms with Gasteiger partial charge in [-0.3, -0.25) is 9.79 Å². The van der Waals surface area contributed by atoms with Crippen LogP contribution in [0.3, 0.4) is 0 Å². The third-order valence-electron chi connectivity index (χ3n) is 1.63. The number of unbranched alkanes of at least 4 members (excludes halogenated alkanes) is 1. The van der Waals surface area contributed by atoms with Crippen LogP contribution in [0.2, 0.25) is 0 Å². The Morgan fingerprint density at radius 3 is 2.57 bits per heavy atom. The summed E-state index contributed by atoms with van der Waals surface area (Å²) in [5.41, 5.74) is 11.4. The zero-order valence-electron chi connectivity index (χ0n) is 7.74. The summed E-state index contributed by atoms with van der Waals surface area (Å²) in [6.07, 6.45) is 1.39. The van der Waals surface area contributed by atoms with E-state index in [1.54, 1.807) is 0 Å². The highest BCUT2D eigenvalue weighted by atomic mass is 19.2.